The molecular weight excluding hydrogens is 458 g/mol. The molecule has 4 nitrogen and oxygen atoms in total. The van der Waals surface area contributed by atoms with Gasteiger partial charge in [0.1, 0.15) is 0 Å². The lowest BCUT2D eigenvalue weighted by molar-refractivity contribution is -0.138. The van der Waals surface area contributed by atoms with E-state index in [4.69, 9.17) is 10.5 Å². The van der Waals surface area contributed by atoms with E-state index in [9.17, 15) is 26.3 Å². The standard InChI is InChI=1S/C24H8F6N4/c25-23(26,27)11-1-3-13-15-7-16-14-4-2-12(24(28,29)30)6-18(14)22(34-10-32)20(16)8-19(15)21(33-9-31)17(13)5-11/h1-8H. The van der Waals surface area contributed by atoms with Crippen LogP contribution in [0.15, 0.2) is 58.5 Å². The predicted molar refractivity (Wildman–Crippen MR) is 111 cm³/mol. The molecule has 0 unspecified atom stereocenters. The number of fused-ring (bicyclic) bond motifs is 6. The molecule has 0 saturated heterocycles. The Balaban J connectivity index is 2.00. The number of alkyl halides is 6. The number of hydrogen-bond donors (Lipinski definition) is 0. The molecule has 0 spiro atoms. The van der Waals surface area contributed by atoms with Gasteiger partial charge in [-0.2, -0.15) is 46.9 Å². The van der Waals surface area contributed by atoms with Crippen molar-refractivity contribution in [2.75, 3.05) is 0 Å². The molecule has 0 bridgehead atoms. The topological polar surface area (TPSA) is 72.3 Å². The van der Waals surface area contributed by atoms with Crippen LogP contribution in [-0.4, -0.2) is 0 Å². The molecule has 0 aliphatic rings. The Morgan fingerprint density at radius 3 is 1.21 bits per heavy atom. The maximum Gasteiger partial charge on any atom is 0.416 e. The van der Waals surface area contributed by atoms with Gasteiger partial charge >= 0.3 is 12.4 Å². The van der Waals surface area contributed by atoms with E-state index >= 15 is 0 Å². The Kier molecular flexibility index (Phi) is 4.42. The van der Waals surface area contributed by atoms with E-state index in [2.05, 4.69) is 9.98 Å². The summed E-state index contributed by atoms with van der Waals surface area (Å²) in [7, 11) is 0. The number of nitriles is 2. The molecule has 10 heteroatoms. The van der Waals surface area contributed by atoms with E-state index in [-0.39, 0.29) is 21.5 Å². The van der Waals surface area contributed by atoms with Gasteiger partial charge < -0.3 is 0 Å². The van der Waals surface area contributed by atoms with Gasteiger partial charge in [0.25, 0.3) is 0 Å². The molecule has 5 aromatic rings. The lowest BCUT2D eigenvalue weighted by Gasteiger charge is -2.06. The van der Waals surface area contributed by atoms with E-state index in [0.29, 0.717) is 32.3 Å². The summed E-state index contributed by atoms with van der Waals surface area (Å²) in [6, 6.07) is 9.30. The smallest absolute Gasteiger partial charge is 0.172 e. The van der Waals surface area contributed by atoms with Crippen LogP contribution in [0.1, 0.15) is 11.1 Å². The molecule has 166 valence electrons. The average Bonchev–Trinajstić information content (AvgIpc) is 3.24. The molecule has 0 N–H and O–H groups in total. The largest absolute Gasteiger partial charge is 0.416 e. The minimum atomic E-state index is -4.61. The summed E-state index contributed by atoms with van der Waals surface area (Å²) in [6.45, 7) is 0. The zero-order valence-electron chi connectivity index (χ0n) is 16.7. The van der Waals surface area contributed by atoms with Crippen molar-refractivity contribution in [3.05, 3.63) is 70.4 Å². The van der Waals surface area contributed by atoms with Crippen LogP contribution in [0.4, 0.5) is 26.3 Å². The van der Waals surface area contributed by atoms with Crippen molar-refractivity contribution in [1.29, 1.82) is 10.5 Å². The van der Waals surface area contributed by atoms with E-state index < -0.39 is 23.5 Å². The first kappa shape index (κ1) is 21.4. The second-order valence-electron chi connectivity index (χ2n) is 7.58. The summed E-state index contributed by atoms with van der Waals surface area (Å²) in [5.74, 6) is 0. The highest BCUT2D eigenvalue weighted by Crippen LogP contribution is 2.37. The Hall–Kier alpha value is -4.44. The van der Waals surface area contributed by atoms with E-state index in [1.165, 1.54) is 18.2 Å². The normalized spacial score (nSPS) is 13.9. The van der Waals surface area contributed by atoms with Crippen molar-refractivity contribution >= 4 is 43.1 Å². The van der Waals surface area contributed by atoms with Crippen molar-refractivity contribution in [1.82, 2.24) is 0 Å². The first-order chi connectivity index (χ1) is 16.0. The lowest BCUT2D eigenvalue weighted by atomic mass is 10.1. The molecule has 0 heterocycles. The summed E-state index contributed by atoms with van der Waals surface area (Å²) in [5.41, 5.74) is -1.82. The highest BCUT2D eigenvalue weighted by atomic mass is 19.4. The molecule has 34 heavy (non-hydrogen) atoms. The van der Waals surface area contributed by atoms with Gasteiger partial charge in [-0.05, 0) is 57.9 Å². The SMILES string of the molecule is N#CN=c1c2cc(C(F)(F)F)ccc2c2cc3c(cc12)c(=NC#N)c1cc(C(F)(F)F)ccc13. The minimum absolute atomic E-state index is 0.00430. The Bertz CT molecular complexity index is 1720. The van der Waals surface area contributed by atoms with Crippen LogP contribution >= 0.6 is 0 Å². The van der Waals surface area contributed by atoms with E-state index in [1.54, 1.807) is 18.5 Å². The van der Waals surface area contributed by atoms with Crippen molar-refractivity contribution < 1.29 is 26.3 Å². The zero-order chi connectivity index (χ0) is 24.4. The third-order valence-corrected chi connectivity index (χ3v) is 5.78. The second-order valence-corrected chi connectivity index (χ2v) is 7.58. The molecule has 0 aliphatic heterocycles. The molecule has 0 aromatic heterocycles. The van der Waals surface area contributed by atoms with Crippen LogP contribution in [0, 0.1) is 22.9 Å². The monoisotopic (exact) mass is 466 g/mol. The Labute approximate surface area is 185 Å². The fraction of sp³-hybridized carbons (Fsp3) is 0.0833. The highest BCUT2D eigenvalue weighted by molar-refractivity contribution is 6.21. The van der Waals surface area contributed by atoms with Crippen molar-refractivity contribution in [3.63, 3.8) is 0 Å². The second kappa shape index (κ2) is 7.03. The van der Waals surface area contributed by atoms with Gasteiger partial charge in [-0.25, -0.2) is 0 Å². The van der Waals surface area contributed by atoms with E-state index in [1.807, 2.05) is 0 Å². The predicted octanol–water partition coefficient (Wildman–Crippen LogP) is 5.98. The summed E-state index contributed by atoms with van der Waals surface area (Å²) in [6.07, 6.45) is -6.02. The quantitative estimate of drug-likeness (QED) is 0.208. The third kappa shape index (κ3) is 3.07. The van der Waals surface area contributed by atoms with Crippen LogP contribution in [-0.2, 0) is 12.4 Å². The van der Waals surface area contributed by atoms with Crippen LogP contribution in [0.25, 0.3) is 43.1 Å². The van der Waals surface area contributed by atoms with Crippen LogP contribution in [0.2, 0.25) is 0 Å². The van der Waals surface area contributed by atoms with Gasteiger partial charge in [0.05, 0.1) is 21.8 Å². The molecule has 0 aliphatic carbocycles. The minimum Gasteiger partial charge on any atom is -0.172 e. The molecule has 5 aromatic carbocycles. The fourth-order valence-corrected chi connectivity index (χ4v) is 4.37. The number of hydrogen-bond acceptors (Lipinski definition) is 4. The van der Waals surface area contributed by atoms with Crippen molar-refractivity contribution in [3.8, 4) is 12.4 Å². The molecule has 0 saturated carbocycles. The maximum absolute atomic E-state index is 13.3. The van der Waals surface area contributed by atoms with Crippen LogP contribution in [0.5, 0.6) is 0 Å². The molecule has 0 fully saturated rings. The fourth-order valence-electron chi connectivity index (χ4n) is 4.37. The van der Waals surface area contributed by atoms with Gasteiger partial charge in [-0.3, -0.25) is 0 Å². The zero-order valence-corrected chi connectivity index (χ0v) is 16.7. The van der Waals surface area contributed by atoms with Crippen LogP contribution in [0.3, 0.4) is 0 Å². The molecular formula is C24H8F6N4. The first-order valence-electron chi connectivity index (χ1n) is 9.61. The highest BCUT2D eigenvalue weighted by Gasteiger charge is 2.32. The number of rotatable bonds is 0. The van der Waals surface area contributed by atoms with Gasteiger partial charge in [0.15, 0.2) is 0 Å². The van der Waals surface area contributed by atoms with Gasteiger partial charge in [0.2, 0.25) is 12.4 Å². The average molecular weight is 466 g/mol. The summed E-state index contributed by atoms with van der Waals surface area (Å²) >= 11 is 0. The number of benzene rings is 3. The van der Waals surface area contributed by atoms with Crippen molar-refractivity contribution in [2.24, 2.45) is 9.98 Å². The van der Waals surface area contributed by atoms with Gasteiger partial charge in [-0.1, -0.05) is 12.1 Å². The molecule has 0 radical (unpaired) electrons. The first-order valence-corrected chi connectivity index (χ1v) is 9.61. The molecule has 0 amide bonds. The third-order valence-electron chi connectivity index (χ3n) is 5.78. The van der Waals surface area contributed by atoms with Gasteiger partial charge in [-0.15, -0.1) is 0 Å². The summed E-state index contributed by atoms with van der Waals surface area (Å²) in [5, 5.41) is 20.9. The van der Waals surface area contributed by atoms with Crippen molar-refractivity contribution in [2.45, 2.75) is 12.4 Å². The Morgan fingerprint density at radius 1 is 0.500 bits per heavy atom. The van der Waals surface area contributed by atoms with E-state index in [0.717, 1.165) is 24.3 Å². The molecule has 5 rings (SSSR count). The number of halogens is 6. The maximum atomic E-state index is 13.3. The number of nitrogens with zero attached hydrogens (tertiary/aromatic N) is 4. The Morgan fingerprint density at radius 2 is 0.853 bits per heavy atom. The summed E-state index contributed by atoms with van der Waals surface area (Å²) < 4.78 is 79.7. The summed E-state index contributed by atoms with van der Waals surface area (Å²) in [4.78, 5) is 7.45. The van der Waals surface area contributed by atoms with Gasteiger partial charge in [0, 0.05) is 21.5 Å². The lowest BCUT2D eigenvalue weighted by Crippen LogP contribution is -2.06. The molecule has 0 atom stereocenters. The van der Waals surface area contributed by atoms with Crippen LogP contribution < -0.4 is 10.7 Å².